The summed E-state index contributed by atoms with van der Waals surface area (Å²) in [6, 6.07) is 12.7. The molecule has 2 aromatic rings. The Morgan fingerprint density at radius 3 is 2.37 bits per heavy atom. The monoisotopic (exact) mass is 404 g/mol. The summed E-state index contributed by atoms with van der Waals surface area (Å²) in [5.74, 6) is -0.725. The highest BCUT2D eigenvalue weighted by Crippen LogP contribution is 2.57. The largest absolute Gasteiger partial charge is 0.462 e. The molecule has 6 nitrogen and oxygen atoms in total. The highest BCUT2D eigenvalue weighted by molar-refractivity contribution is 6.05. The van der Waals surface area contributed by atoms with Crippen LogP contribution in [-0.2, 0) is 14.3 Å². The van der Waals surface area contributed by atoms with Crippen molar-refractivity contribution in [3.05, 3.63) is 59.2 Å². The van der Waals surface area contributed by atoms with Crippen LogP contribution in [-0.4, -0.2) is 23.9 Å². The molecule has 3 aliphatic rings. The van der Waals surface area contributed by atoms with Gasteiger partial charge in [-0.3, -0.25) is 14.4 Å². The molecule has 1 aliphatic heterocycles. The van der Waals surface area contributed by atoms with Crippen molar-refractivity contribution in [1.29, 1.82) is 0 Å². The van der Waals surface area contributed by atoms with Crippen molar-refractivity contribution in [3.63, 3.8) is 0 Å². The van der Waals surface area contributed by atoms with Gasteiger partial charge in [-0.05, 0) is 68.0 Å². The van der Waals surface area contributed by atoms with Crippen LogP contribution in [0.25, 0.3) is 0 Å². The van der Waals surface area contributed by atoms with Crippen LogP contribution in [0.1, 0.15) is 34.3 Å². The minimum atomic E-state index is -0.312. The van der Waals surface area contributed by atoms with E-state index in [4.69, 9.17) is 4.74 Å². The van der Waals surface area contributed by atoms with Gasteiger partial charge in [0.2, 0.25) is 5.91 Å². The van der Waals surface area contributed by atoms with Crippen LogP contribution < -0.4 is 10.6 Å². The van der Waals surface area contributed by atoms with Crippen LogP contribution in [0.3, 0.4) is 0 Å². The Morgan fingerprint density at radius 2 is 1.67 bits per heavy atom. The number of carbonyl (C=O) groups is 3. The van der Waals surface area contributed by atoms with E-state index in [1.165, 1.54) is 0 Å². The zero-order chi connectivity index (χ0) is 21.0. The smallest absolute Gasteiger partial charge is 0.310 e. The highest BCUT2D eigenvalue weighted by Gasteiger charge is 2.63. The van der Waals surface area contributed by atoms with Gasteiger partial charge in [0, 0.05) is 22.9 Å². The SMILES string of the molecule is Cc1cccc(C)c1NC(=O)c1ccc(NC(=O)[C@H]2[C@@H]3C[C@@H]4[C@@H]2C(=O)O[C@@H]4C3)cc1. The third-order valence-corrected chi connectivity index (χ3v) is 6.92. The number of hydrogen-bond donors (Lipinski definition) is 2. The van der Waals surface area contributed by atoms with Gasteiger partial charge in [-0.2, -0.15) is 0 Å². The predicted octanol–water partition coefficient (Wildman–Crippen LogP) is 3.69. The third kappa shape index (κ3) is 2.98. The number of carbonyl (C=O) groups excluding carboxylic acids is 3. The summed E-state index contributed by atoms with van der Waals surface area (Å²) in [5.41, 5.74) is 3.96. The number of esters is 1. The van der Waals surface area contributed by atoms with Gasteiger partial charge >= 0.3 is 5.97 Å². The zero-order valence-electron chi connectivity index (χ0n) is 17.0. The van der Waals surface area contributed by atoms with Gasteiger partial charge in [0.25, 0.3) is 5.91 Å². The fraction of sp³-hybridized carbons (Fsp3) is 0.375. The van der Waals surface area contributed by atoms with Gasteiger partial charge < -0.3 is 15.4 Å². The molecule has 3 fully saturated rings. The molecule has 0 spiro atoms. The van der Waals surface area contributed by atoms with Gasteiger partial charge in [0.15, 0.2) is 0 Å². The van der Waals surface area contributed by atoms with Crippen molar-refractivity contribution in [3.8, 4) is 0 Å². The first-order valence-electron chi connectivity index (χ1n) is 10.4. The summed E-state index contributed by atoms with van der Waals surface area (Å²) in [5, 5.41) is 5.89. The molecule has 0 radical (unpaired) electrons. The predicted molar refractivity (Wildman–Crippen MR) is 112 cm³/mol. The number of hydrogen-bond acceptors (Lipinski definition) is 4. The summed E-state index contributed by atoms with van der Waals surface area (Å²) < 4.78 is 5.41. The van der Waals surface area contributed by atoms with Crippen LogP contribution in [0.15, 0.2) is 42.5 Å². The summed E-state index contributed by atoms with van der Waals surface area (Å²) in [4.78, 5) is 37.6. The van der Waals surface area contributed by atoms with E-state index in [1.807, 2.05) is 32.0 Å². The van der Waals surface area contributed by atoms with Crippen molar-refractivity contribution in [2.45, 2.75) is 32.8 Å². The normalized spacial score (nSPS) is 28.3. The van der Waals surface area contributed by atoms with Gasteiger partial charge in [0.05, 0.1) is 11.8 Å². The number of fused-ring (bicyclic) bond motifs is 1. The van der Waals surface area contributed by atoms with E-state index in [9.17, 15) is 14.4 Å². The number of aryl methyl sites for hydroxylation is 2. The number of para-hydroxylation sites is 1. The fourth-order valence-electron chi connectivity index (χ4n) is 5.49. The van der Waals surface area contributed by atoms with E-state index in [0.29, 0.717) is 11.3 Å². The number of anilines is 2. The number of rotatable bonds is 4. The summed E-state index contributed by atoms with van der Waals surface area (Å²) >= 11 is 0. The number of ether oxygens (including phenoxy) is 1. The van der Waals surface area contributed by atoms with Crippen LogP contribution in [0, 0.1) is 37.5 Å². The number of benzene rings is 2. The minimum Gasteiger partial charge on any atom is -0.462 e. The molecule has 2 aliphatic carbocycles. The first kappa shape index (κ1) is 18.9. The molecule has 154 valence electrons. The van der Waals surface area contributed by atoms with Crippen molar-refractivity contribution in [2.24, 2.45) is 23.7 Å². The Hall–Kier alpha value is -3.15. The Kier molecular flexibility index (Phi) is 4.38. The minimum absolute atomic E-state index is 0.0197. The molecule has 2 bridgehead atoms. The van der Waals surface area contributed by atoms with E-state index in [0.717, 1.165) is 29.7 Å². The molecule has 5 atom stereocenters. The van der Waals surface area contributed by atoms with E-state index >= 15 is 0 Å². The molecule has 0 aromatic heterocycles. The van der Waals surface area contributed by atoms with Crippen LogP contribution in [0.5, 0.6) is 0 Å². The van der Waals surface area contributed by atoms with Gasteiger partial charge in [-0.25, -0.2) is 0 Å². The third-order valence-electron chi connectivity index (χ3n) is 6.92. The molecule has 0 unspecified atom stereocenters. The second kappa shape index (κ2) is 6.97. The molecule has 2 amide bonds. The summed E-state index contributed by atoms with van der Waals surface area (Å²) in [6.07, 6.45) is 1.71. The molecule has 30 heavy (non-hydrogen) atoms. The van der Waals surface area contributed by atoms with Crippen LogP contribution >= 0.6 is 0 Å². The number of amides is 2. The van der Waals surface area contributed by atoms with Crippen LogP contribution in [0.4, 0.5) is 11.4 Å². The van der Waals surface area contributed by atoms with Gasteiger partial charge in [-0.15, -0.1) is 0 Å². The highest BCUT2D eigenvalue weighted by atomic mass is 16.6. The lowest BCUT2D eigenvalue weighted by molar-refractivity contribution is -0.145. The second-order valence-electron chi connectivity index (χ2n) is 8.71. The lowest BCUT2D eigenvalue weighted by Crippen LogP contribution is -2.35. The standard InChI is InChI=1S/C24H24N2O4/c1-12-4-3-5-13(2)21(12)26-22(27)14-6-8-16(9-7-14)25-23(28)19-15-10-17-18(11-15)30-24(29)20(17)19/h3-9,15,17-20H,10-11H2,1-2H3,(H,25,28)(H,26,27)/t15-,17+,18-,19+,20+/m1/s1. The molecular formula is C24H24N2O4. The summed E-state index contributed by atoms with van der Waals surface area (Å²) in [6.45, 7) is 3.92. The van der Waals surface area contributed by atoms with Crippen molar-refractivity contribution in [1.82, 2.24) is 0 Å². The first-order chi connectivity index (χ1) is 14.4. The molecule has 6 heteroatoms. The Bertz CT molecular complexity index is 1020. The Balaban J connectivity index is 1.26. The second-order valence-corrected chi connectivity index (χ2v) is 8.71. The Labute approximate surface area is 175 Å². The molecule has 1 heterocycles. The maximum atomic E-state index is 12.9. The number of nitrogens with one attached hydrogen (secondary N) is 2. The lowest BCUT2D eigenvalue weighted by Gasteiger charge is -2.23. The molecular weight excluding hydrogens is 380 g/mol. The van der Waals surface area contributed by atoms with E-state index in [2.05, 4.69) is 10.6 Å². The zero-order valence-corrected chi connectivity index (χ0v) is 17.0. The maximum Gasteiger partial charge on any atom is 0.310 e. The molecule has 2 saturated carbocycles. The molecule has 2 aromatic carbocycles. The topological polar surface area (TPSA) is 84.5 Å². The first-order valence-corrected chi connectivity index (χ1v) is 10.4. The fourth-order valence-corrected chi connectivity index (χ4v) is 5.49. The maximum absolute atomic E-state index is 12.9. The van der Waals surface area contributed by atoms with Gasteiger partial charge in [-0.1, -0.05) is 18.2 Å². The average Bonchev–Trinajstić information content (AvgIpc) is 3.34. The van der Waals surface area contributed by atoms with Crippen molar-refractivity contribution in [2.75, 3.05) is 10.6 Å². The average molecular weight is 404 g/mol. The molecule has 2 N–H and O–H groups in total. The van der Waals surface area contributed by atoms with E-state index < -0.39 is 0 Å². The Morgan fingerprint density at radius 1 is 0.967 bits per heavy atom. The van der Waals surface area contributed by atoms with Crippen LogP contribution in [0.2, 0.25) is 0 Å². The quantitative estimate of drug-likeness (QED) is 0.761. The van der Waals surface area contributed by atoms with Crippen molar-refractivity contribution >= 4 is 29.2 Å². The summed E-state index contributed by atoms with van der Waals surface area (Å²) in [7, 11) is 0. The van der Waals surface area contributed by atoms with Crippen molar-refractivity contribution < 1.29 is 19.1 Å². The molecule has 1 saturated heterocycles. The lowest BCUT2D eigenvalue weighted by atomic mass is 9.79. The molecule has 5 rings (SSSR count). The van der Waals surface area contributed by atoms with Gasteiger partial charge in [0.1, 0.15) is 6.10 Å². The van der Waals surface area contributed by atoms with E-state index in [1.54, 1.807) is 24.3 Å². The van der Waals surface area contributed by atoms with E-state index in [-0.39, 0.29) is 47.6 Å².